The van der Waals surface area contributed by atoms with E-state index < -0.39 is 5.97 Å². The van der Waals surface area contributed by atoms with Gasteiger partial charge in [0.1, 0.15) is 5.82 Å². The number of ether oxygens (including phenoxy) is 2. The number of methoxy groups -OCH3 is 1. The molecule has 0 aliphatic carbocycles. The number of aryl methyl sites for hydroxylation is 1. The zero-order valence-electron chi connectivity index (χ0n) is 14.9. The lowest BCUT2D eigenvalue weighted by atomic mass is 10.2. The number of hydrogen-bond acceptors (Lipinski definition) is 6. The summed E-state index contributed by atoms with van der Waals surface area (Å²) in [6, 6.07) is 10.3. The van der Waals surface area contributed by atoms with Gasteiger partial charge < -0.3 is 9.47 Å². The Bertz CT molecular complexity index is 1120. The smallest absolute Gasteiger partial charge is 0.308 e. The highest BCUT2D eigenvalue weighted by Crippen LogP contribution is 2.27. The van der Waals surface area contributed by atoms with E-state index >= 15 is 0 Å². The van der Waals surface area contributed by atoms with Gasteiger partial charge in [0.25, 0.3) is 5.56 Å². The minimum Gasteiger partial charge on any atom is -0.493 e. The molecule has 3 rings (SSSR count). The lowest BCUT2D eigenvalue weighted by Gasteiger charge is -2.09. The molecule has 0 atom stereocenters. The van der Waals surface area contributed by atoms with E-state index in [9.17, 15) is 9.59 Å². The van der Waals surface area contributed by atoms with Crippen molar-refractivity contribution >= 4 is 39.0 Å². The Morgan fingerprint density at radius 2 is 2.00 bits per heavy atom. The Labute approximate surface area is 163 Å². The van der Waals surface area contributed by atoms with Crippen molar-refractivity contribution in [2.24, 2.45) is 5.10 Å². The van der Waals surface area contributed by atoms with Crippen molar-refractivity contribution in [3.8, 4) is 11.5 Å². The number of hydrogen-bond donors (Lipinski definition) is 0. The fourth-order valence-electron chi connectivity index (χ4n) is 2.52. The molecular weight excluding hydrogens is 414 g/mol. The van der Waals surface area contributed by atoms with E-state index in [1.807, 2.05) is 6.07 Å². The molecule has 0 saturated heterocycles. The molecule has 0 saturated carbocycles. The molecule has 0 N–H and O–H groups in total. The van der Waals surface area contributed by atoms with Crippen LogP contribution in [0.1, 0.15) is 18.3 Å². The first-order valence-corrected chi connectivity index (χ1v) is 8.78. The molecule has 138 valence electrons. The zero-order chi connectivity index (χ0) is 19.6. The SMILES string of the molecule is COc1cc(C=Nn2c(C)nc3ccc(Br)cc3c2=O)ccc1OC(C)=O. The summed E-state index contributed by atoms with van der Waals surface area (Å²) in [6.07, 6.45) is 1.51. The molecule has 3 aromatic rings. The Balaban J connectivity index is 2.01. The molecule has 0 amide bonds. The van der Waals surface area contributed by atoms with Crippen LogP contribution in [-0.2, 0) is 4.79 Å². The van der Waals surface area contributed by atoms with Gasteiger partial charge in [0.2, 0.25) is 0 Å². The average Bonchev–Trinajstić information content (AvgIpc) is 2.63. The summed E-state index contributed by atoms with van der Waals surface area (Å²) >= 11 is 3.36. The predicted octanol–water partition coefficient (Wildman–Crippen LogP) is 3.28. The van der Waals surface area contributed by atoms with Crippen LogP contribution in [0.3, 0.4) is 0 Å². The van der Waals surface area contributed by atoms with Gasteiger partial charge in [0.15, 0.2) is 11.5 Å². The molecule has 0 spiro atoms. The van der Waals surface area contributed by atoms with Gasteiger partial charge in [0, 0.05) is 11.4 Å². The predicted molar refractivity (Wildman–Crippen MR) is 106 cm³/mol. The summed E-state index contributed by atoms with van der Waals surface area (Å²) < 4.78 is 12.3. The van der Waals surface area contributed by atoms with Gasteiger partial charge in [-0.05, 0) is 48.9 Å². The second-order valence-corrected chi connectivity index (χ2v) is 6.60. The molecular formula is C19H16BrN3O4. The van der Waals surface area contributed by atoms with E-state index in [-0.39, 0.29) is 5.56 Å². The molecule has 2 aromatic carbocycles. The van der Waals surface area contributed by atoms with E-state index in [1.165, 1.54) is 24.9 Å². The largest absolute Gasteiger partial charge is 0.493 e. The lowest BCUT2D eigenvalue weighted by molar-refractivity contribution is -0.132. The highest BCUT2D eigenvalue weighted by Gasteiger charge is 2.09. The van der Waals surface area contributed by atoms with Crippen LogP contribution in [0.15, 0.2) is 50.8 Å². The Morgan fingerprint density at radius 3 is 2.70 bits per heavy atom. The molecule has 0 unspecified atom stereocenters. The van der Waals surface area contributed by atoms with Gasteiger partial charge in [-0.2, -0.15) is 9.78 Å². The maximum Gasteiger partial charge on any atom is 0.308 e. The Hall–Kier alpha value is -3.00. The van der Waals surface area contributed by atoms with Crippen LogP contribution < -0.4 is 15.0 Å². The first kappa shape index (κ1) is 18.8. The van der Waals surface area contributed by atoms with E-state index in [4.69, 9.17) is 9.47 Å². The molecule has 0 aliphatic rings. The number of halogens is 1. The van der Waals surface area contributed by atoms with Crippen molar-refractivity contribution < 1.29 is 14.3 Å². The second-order valence-electron chi connectivity index (χ2n) is 5.69. The monoisotopic (exact) mass is 429 g/mol. The number of carbonyl (C=O) groups is 1. The van der Waals surface area contributed by atoms with Crippen LogP contribution in [0, 0.1) is 6.92 Å². The quantitative estimate of drug-likeness (QED) is 0.361. The first-order valence-electron chi connectivity index (χ1n) is 7.99. The van der Waals surface area contributed by atoms with Crippen molar-refractivity contribution in [2.75, 3.05) is 7.11 Å². The van der Waals surface area contributed by atoms with Crippen molar-refractivity contribution in [2.45, 2.75) is 13.8 Å². The Kier molecular flexibility index (Phi) is 5.36. The van der Waals surface area contributed by atoms with Crippen LogP contribution in [-0.4, -0.2) is 29.0 Å². The molecule has 0 aliphatic heterocycles. The van der Waals surface area contributed by atoms with Crippen LogP contribution in [0.25, 0.3) is 10.9 Å². The number of esters is 1. The van der Waals surface area contributed by atoms with Gasteiger partial charge in [-0.15, -0.1) is 0 Å². The van der Waals surface area contributed by atoms with Crippen molar-refractivity contribution in [1.29, 1.82) is 0 Å². The van der Waals surface area contributed by atoms with Gasteiger partial charge in [-0.3, -0.25) is 9.59 Å². The first-order chi connectivity index (χ1) is 12.9. The third-order valence-electron chi connectivity index (χ3n) is 3.73. The second kappa shape index (κ2) is 7.71. The number of fused-ring (bicyclic) bond motifs is 1. The Morgan fingerprint density at radius 1 is 1.22 bits per heavy atom. The summed E-state index contributed by atoms with van der Waals surface area (Å²) in [5.74, 6) is 0.728. The van der Waals surface area contributed by atoms with Gasteiger partial charge in [-0.1, -0.05) is 15.9 Å². The van der Waals surface area contributed by atoms with E-state index in [2.05, 4.69) is 26.0 Å². The molecule has 7 nitrogen and oxygen atoms in total. The van der Waals surface area contributed by atoms with Crippen LogP contribution in [0.5, 0.6) is 11.5 Å². The molecule has 1 heterocycles. The third-order valence-corrected chi connectivity index (χ3v) is 4.23. The lowest BCUT2D eigenvalue weighted by Crippen LogP contribution is -2.20. The molecule has 1 aromatic heterocycles. The number of nitrogens with zero attached hydrogens (tertiary/aromatic N) is 3. The molecule has 0 bridgehead atoms. The van der Waals surface area contributed by atoms with Crippen LogP contribution >= 0.6 is 15.9 Å². The number of aromatic nitrogens is 2. The third kappa shape index (κ3) is 4.06. The van der Waals surface area contributed by atoms with Gasteiger partial charge in [-0.25, -0.2) is 4.98 Å². The minimum atomic E-state index is -0.440. The number of carbonyl (C=O) groups excluding carboxylic acids is 1. The molecule has 0 radical (unpaired) electrons. The molecule has 8 heteroatoms. The summed E-state index contributed by atoms with van der Waals surface area (Å²) in [5, 5.41) is 4.73. The fourth-order valence-corrected chi connectivity index (χ4v) is 2.88. The fraction of sp³-hybridized carbons (Fsp3) is 0.158. The van der Waals surface area contributed by atoms with Crippen molar-refractivity contribution in [3.05, 3.63) is 62.6 Å². The van der Waals surface area contributed by atoms with Crippen LogP contribution in [0.2, 0.25) is 0 Å². The van der Waals surface area contributed by atoms with Crippen molar-refractivity contribution in [1.82, 2.24) is 9.66 Å². The number of benzene rings is 2. The minimum absolute atomic E-state index is 0.265. The standard InChI is InChI=1S/C19H16BrN3O4/c1-11-22-16-6-5-14(20)9-15(16)19(25)23(11)21-10-13-4-7-17(27-12(2)24)18(8-13)26-3/h4-10H,1-3H3. The molecule has 27 heavy (non-hydrogen) atoms. The van der Waals surface area contributed by atoms with Gasteiger partial charge in [0.05, 0.1) is 24.2 Å². The normalized spacial score (nSPS) is 11.1. The van der Waals surface area contributed by atoms with E-state index in [0.717, 1.165) is 4.47 Å². The average molecular weight is 430 g/mol. The maximum atomic E-state index is 12.7. The summed E-state index contributed by atoms with van der Waals surface area (Å²) in [7, 11) is 1.48. The number of rotatable bonds is 4. The maximum absolute atomic E-state index is 12.7. The zero-order valence-corrected chi connectivity index (χ0v) is 16.5. The summed E-state index contributed by atoms with van der Waals surface area (Å²) in [6.45, 7) is 3.03. The summed E-state index contributed by atoms with van der Waals surface area (Å²) in [5.41, 5.74) is 1.02. The topological polar surface area (TPSA) is 82.8 Å². The van der Waals surface area contributed by atoms with E-state index in [0.29, 0.717) is 33.8 Å². The van der Waals surface area contributed by atoms with Gasteiger partial charge >= 0.3 is 5.97 Å². The molecule has 0 fully saturated rings. The highest BCUT2D eigenvalue weighted by molar-refractivity contribution is 9.10. The van der Waals surface area contributed by atoms with Crippen LogP contribution in [0.4, 0.5) is 0 Å². The van der Waals surface area contributed by atoms with Crippen molar-refractivity contribution in [3.63, 3.8) is 0 Å². The summed E-state index contributed by atoms with van der Waals surface area (Å²) in [4.78, 5) is 28.3. The van der Waals surface area contributed by atoms with E-state index in [1.54, 1.807) is 37.3 Å². The highest BCUT2D eigenvalue weighted by atomic mass is 79.9.